The third kappa shape index (κ3) is 3.53. The minimum Gasteiger partial charge on any atom is -0.487 e. The van der Waals surface area contributed by atoms with Gasteiger partial charge >= 0.3 is 0 Å². The Balaban J connectivity index is 1.96. The minimum absolute atomic E-state index is 0.355. The smallest absolute Gasteiger partial charge is 0.266 e. The summed E-state index contributed by atoms with van der Waals surface area (Å²) in [6.07, 6.45) is 1.47. The lowest BCUT2D eigenvalue weighted by molar-refractivity contribution is 0.0953. The maximum atomic E-state index is 11.2. The van der Waals surface area contributed by atoms with E-state index in [9.17, 15) is 4.79 Å². The molecule has 1 aromatic carbocycles. The first-order chi connectivity index (χ1) is 9.19. The molecule has 5 nitrogen and oxygen atoms in total. The predicted molar refractivity (Wildman–Crippen MR) is 71.4 cm³/mol. The molecule has 0 aliphatic carbocycles. The van der Waals surface area contributed by atoms with Crippen molar-refractivity contribution in [2.45, 2.75) is 13.5 Å². The molecule has 2 rings (SSSR count). The summed E-state index contributed by atoms with van der Waals surface area (Å²) in [5.41, 5.74) is 4.40. The van der Waals surface area contributed by atoms with Crippen LogP contribution >= 0.6 is 0 Å². The van der Waals surface area contributed by atoms with E-state index in [-0.39, 0.29) is 5.91 Å². The first kappa shape index (κ1) is 13.0. The van der Waals surface area contributed by atoms with E-state index in [0.717, 1.165) is 11.4 Å². The van der Waals surface area contributed by atoms with Gasteiger partial charge in [0.25, 0.3) is 5.91 Å². The quantitative estimate of drug-likeness (QED) is 0.495. The van der Waals surface area contributed by atoms with Gasteiger partial charge in [0.15, 0.2) is 0 Å². The number of nitrogens with two attached hydrogens (primary N) is 1. The molecule has 0 unspecified atom stereocenters. The number of rotatable bonds is 4. The molecule has 0 bridgehead atoms. The Bertz CT molecular complexity index is 550. The molecule has 2 aromatic rings. The minimum atomic E-state index is -0.362. The molecule has 5 heteroatoms. The molecule has 1 amide bonds. The van der Waals surface area contributed by atoms with Crippen LogP contribution in [0.3, 0.4) is 0 Å². The lowest BCUT2D eigenvalue weighted by Crippen LogP contribution is -2.30. The summed E-state index contributed by atoms with van der Waals surface area (Å²) in [5.74, 6) is 5.46. The SMILES string of the molecule is Cc1ccc(OCc2ccc(C(=O)NN)cn2)cc1. The van der Waals surface area contributed by atoms with E-state index in [0.29, 0.717) is 12.2 Å². The number of hydrogen-bond acceptors (Lipinski definition) is 4. The molecule has 98 valence electrons. The highest BCUT2D eigenvalue weighted by Crippen LogP contribution is 2.13. The van der Waals surface area contributed by atoms with Crippen LogP contribution in [0.1, 0.15) is 21.6 Å². The standard InChI is InChI=1S/C14H15N3O2/c1-10-2-6-13(7-3-10)19-9-12-5-4-11(8-16-12)14(18)17-15/h2-8H,9,15H2,1H3,(H,17,18). The lowest BCUT2D eigenvalue weighted by atomic mass is 10.2. The summed E-state index contributed by atoms with van der Waals surface area (Å²) in [5, 5.41) is 0. The molecule has 3 N–H and O–H groups in total. The van der Waals surface area contributed by atoms with Crippen molar-refractivity contribution >= 4 is 5.91 Å². The van der Waals surface area contributed by atoms with Crippen molar-refractivity contribution in [2.24, 2.45) is 5.84 Å². The van der Waals surface area contributed by atoms with Crippen LogP contribution in [0, 0.1) is 6.92 Å². The van der Waals surface area contributed by atoms with Gasteiger partial charge in [0.2, 0.25) is 0 Å². The summed E-state index contributed by atoms with van der Waals surface area (Å²) in [6.45, 7) is 2.38. The van der Waals surface area contributed by atoms with Crippen LogP contribution in [0.15, 0.2) is 42.6 Å². The normalized spacial score (nSPS) is 10.0. The molecule has 1 aromatic heterocycles. The van der Waals surface area contributed by atoms with Crippen LogP contribution in [0.2, 0.25) is 0 Å². The van der Waals surface area contributed by atoms with Crippen molar-refractivity contribution in [1.29, 1.82) is 0 Å². The van der Waals surface area contributed by atoms with Gasteiger partial charge in [-0.2, -0.15) is 0 Å². The van der Waals surface area contributed by atoms with Gasteiger partial charge in [0, 0.05) is 6.20 Å². The van der Waals surface area contributed by atoms with Gasteiger partial charge in [0.05, 0.1) is 11.3 Å². The summed E-state index contributed by atoms with van der Waals surface area (Å²) >= 11 is 0. The van der Waals surface area contributed by atoms with Crippen molar-refractivity contribution in [3.63, 3.8) is 0 Å². The highest BCUT2D eigenvalue weighted by atomic mass is 16.5. The number of carbonyl (C=O) groups is 1. The van der Waals surface area contributed by atoms with Crippen molar-refractivity contribution < 1.29 is 9.53 Å². The first-order valence-electron chi connectivity index (χ1n) is 5.84. The molecular weight excluding hydrogens is 242 g/mol. The number of hydrogen-bond donors (Lipinski definition) is 2. The monoisotopic (exact) mass is 257 g/mol. The zero-order valence-corrected chi connectivity index (χ0v) is 10.6. The molecule has 0 fully saturated rings. The molecule has 0 spiro atoms. The molecule has 0 aliphatic heterocycles. The maximum absolute atomic E-state index is 11.2. The number of nitrogens with zero attached hydrogens (tertiary/aromatic N) is 1. The fourth-order valence-electron chi connectivity index (χ4n) is 1.52. The molecule has 0 saturated carbocycles. The van der Waals surface area contributed by atoms with Gasteiger partial charge in [-0.25, -0.2) is 5.84 Å². The Labute approximate surface area is 111 Å². The molecule has 19 heavy (non-hydrogen) atoms. The van der Waals surface area contributed by atoms with Gasteiger partial charge in [0.1, 0.15) is 12.4 Å². The molecule has 0 saturated heterocycles. The van der Waals surface area contributed by atoms with E-state index < -0.39 is 0 Å². The van der Waals surface area contributed by atoms with Crippen molar-refractivity contribution in [3.05, 3.63) is 59.4 Å². The third-order valence-electron chi connectivity index (χ3n) is 2.63. The Morgan fingerprint density at radius 2 is 2.00 bits per heavy atom. The number of pyridine rings is 1. The van der Waals surface area contributed by atoms with Gasteiger partial charge in [-0.05, 0) is 31.2 Å². The Morgan fingerprint density at radius 1 is 1.26 bits per heavy atom. The lowest BCUT2D eigenvalue weighted by Gasteiger charge is -2.06. The zero-order chi connectivity index (χ0) is 13.7. The number of nitrogen functional groups attached to an aromatic ring is 1. The number of benzene rings is 1. The Morgan fingerprint density at radius 3 is 2.58 bits per heavy atom. The topological polar surface area (TPSA) is 77.2 Å². The number of carbonyl (C=O) groups excluding carboxylic acids is 1. The van der Waals surface area contributed by atoms with Crippen molar-refractivity contribution in [2.75, 3.05) is 0 Å². The summed E-state index contributed by atoms with van der Waals surface area (Å²) in [4.78, 5) is 15.4. The van der Waals surface area contributed by atoms with Crippen LogP contribution in [0.5, 0.6) is 5.75 Å². The van der Waals surface area contributed by atoms with E-state index in [1.165, 1.54) is 11.8 Å². The van der Waals surface area contributed by atoms with Crippen LogP contribution in [-0.2, 0) is 6.61 Å². The second kappa shape index (κ2) is 5.97. The second-order valence-electron chi connectivity index (χ2n) is 4.11. The third-order valence-corrected chi connectivity index (χ3v) is 2.63. The van der Waals surface area contributed by atoms with E-state index >= 15 is 0 Å². The molecule has 0 aliphatic rings. The average Bonchev–Trinajstić information content (AvgIpc) is 2.46. The van der Waals surface area contributed by atoms with E-state index in [1.807, 2.05) is 31.2 Å². The van der Waals surface area contributed by atoms with Crippen LogP contribution < -0.4 is 16.0 Å². The van der Waals surface area contributed by atoms with Crippen molar-refractivity contribution in [3.8, 4) is 5.75 Å². The molecule has 1 heterocycles. The fourth-order valence-corrected chi connectivity index (χ4v) is 1.52. The summed E-state index contributed by atoms with van der Waals surface area (Å²) in [6, 6.07) is 11.2. The number of aromatic nitrogens is 1. The van der Waals surface area contributed by atoms with E-state index in [4.69, 9.17) is 10.6 Å². The van der Waals surface area contributed by atoms with Crippen LogP contribution in [0.25, 0.3) is 0 Å². The van der Waals surface area contributed by atoms with Gasteiger partial charge in [-0.3, -0.25) is 15.2 Å². The predicted octanol–water partition coefficient (Wildman–Crippen LogP) is 1.57. The molecule has 0 radical (unpaired) electrons. The number of aryl methyl sites for hydroxylation is 1. The highest BCUT2D eigenvalue weighted by molar-refractivity contribution is 5.93. The highest BCUT2D eigenvalue weighted by Gasteiger charge is 2.04. The zero-order valence-electron chi connectivity index (χ0n) is 10.6. The maximum Gasteiger partial charge on any atom is 0.266 e. The Kier molecular flexibility index (Phi) is 4.10. The Hall–Kier alpha value is -2.40. The second-order valence-corrected chi connectivity index (χ2v) is 4.11. The number of amides is 1. The number of ether oxygens (including phenoxy) is 1. The van der Waals surface area contributed by atoms with E-state index in [1.54, 1.807) is 12.1 Å². The first-order valence-corrected chi connectivity index (χ1v) is 5.84. The van der Waals surface area contributed by atoms with Crippen molar-refractivity contribution in [1.82, 2.24) is 10.4 Å². The van der Waals surface area contributed by atoms with Gasteiger partial charge in [-0.15, -0.1) is 0 Å². The summed E-state index contributed by atoms with van der Waals surface area (Å²) < 4.78 is 5.59. The van der Waals surface area contributed by atoms with Crippen LogP contribution in [0.4, 0.5) is 0 Å². The van der Waals surface area contributed by atoms with Crippen LogP contribution in [-0.4, -0.2) is 10.9 Å². The number of nitrogens with one attached hydrogen (secondary N) is 1. The van der Waals surface area contributed by atoms with Gasteiger partial charge in [-0.1, -0.05) is 17.7 Å². The molecular formula is C14H15N3O2. The van der Waals surface area contributed by atoms with Gasteiger partial charge < -0.3 is 4.74 Å². The van der Waals surface area contributed by atoms with E-state index in [2.05, 4.69) is 10.4 Å². The largest absolute Gasteiger partial charge is 0.487 e. The number of hydrazine groups is 1. The fraction of sp³-hybridized carbons (Fsp3) is 0.143. The molecule has 0 atom stereocenters. The average molecular weight is 257 g/mol. The summed E-state index contributed by atoms with van der Waals surface area (Å²) in [7, 11) is 0.